The van der Waals surface area contributed by atoms with Gasteiger partial charge in [0.05, 0.1) is 4.92 Å². The van der Waals surface area contributed by atoms with Gasteiger partial charge in [-0.05, 0) is 33.9 Å². The fraction of sp³-hybridized carbons (Fsp3) is 0.100. The minimum absolute atomic E-state index is 0.330. The van der Waals surface area contributed by atoms with E-state index in [0.29, 0.717) is 5.56 Å². The smallest absolute Gasteiger partial charge is 0.258 e. The SMILES string of the molecule is O=[N+]([O-])c1cc(C2c3ccccc3-c3ccccc32)ccc1C(F)(F)F. The first-order valence-corrected chi connectivity index (χ1v) is 7.91. The average molecular weight is 355 g/mol. The van der Waals surface area contributed by atoms with Crippen LogP contribution in [0, 0.1) is 10.1 Å². The predicted molar refractivity (Wildman–Crippen MR) is 90.9 cm³/mol. The topological polar surface area (TPSA) is 43.1 Å². The van der Waals surface area contributed by atoms with Crippen LogP contribution in [0.4, 0.5) is 18.9 Å². The third kappa shape index (κ3) is 2.45. The minimum Gasteiger partial charge on any atom is -0.258 e. The molecule has 0 radical (unpaired) electrons. The molecule has 0 fully saturated rings. The Morgan fingerprint density at radius 2 is 1.38 bits per heavy atom. The van der Waals surface area contributed by atoms with E-state index in [1.54, 1.807) is 0 Å². The summed E-state index contributed by atoms with van der Waals surface area (Å²) in [5.41, 5.74) is 2.18. The van der Waals surface area contributed by atoms with Gasteiger partial charge in [-0.3, -0.25) is 10.1 Å². The number of nitro benzene ring substituents is 1. The van der Waals surface area contributed by atoms with Crippen LogP contribution in [0.15, 0.2) is 66.7 Å². The van der Waals surface area contributed by atoms with E-state index in [1.165, 1.54) is 6.07 Å². The molecule has 0 bridgehead atoms. The molecule has 4 rings (SSSR count). The third-order valence-electron chi connectivity index (χ3n) is 4.69. The largest absolute Gasteiger partial charge is 0.422 e. The fourth-order valence-corrected chi connectivity index (χ4v) is 3.63. The van der Waals surface area contributed by atoms with Crippen LogP contribution in [0.5, 0.6) is 0 Å². The standard InChI is InChI=1S/C20H12F3NO2/c21-20(22,23)17-10-9-12(11-18(17)24(25)26)19-15-7-3-1-5-13(15)14-6-2-4-8-16(14)19/h1-11,19H. The van der Waals surface area contributed by atoms with Gasteiger partial charge in [0.2, 0.25) is 0 Å². The fourth-order valence-electron chi connectivity index (χ4n) is 3.63. The maximum absolute atomic E-state index is 13.1. The van der Waals surface area contributed by atoms with Gasteiger partial charge in [-0.2, -0.15) is 13.2 Å². The van der Waals surface area contributed by atoms with Gasteiger partial charge in [0, 0.05) is 12.0 Å². The number of rotatable bonds is 2. The summed E-state index contributed by atoms with van der Waals surface area (Å²) in [6.07, 6.45) is -4.77. The van der Waals surface area contributed by atoms with Crippen molar-refractivity contribution in [2.75, 3.05) is 0 Å². The van der Waals surface area contributed by atoms with Crippen molar-refractivity contribution in [1.82, 2.24) is 0 Å². The van der Waals surface area contributed by atoms with Crippen LogP contribution < -0.4 is 0 Å². The molecule has 3 aromatic carbocycles. The maximum Gasteiger partial charge on any atom is 0.422 e. The summed E-state index contributed by atoms with van der Waals surface area (Å²) in [5, 5.41) is 11.2. The van der Waals surface area contributed by atoms with Crippen LogP contribution in [-0.2, 0) is 6.18 Å². The predicted octanol–water partition coefficient (Wildman–Crippen LogP) is 5.77. The van der Waals surface area contributed by atoms with E-state index in [9.17, 15) is 23.3 Å². The number of nitrogens with zero attached hydrogens (tertiary/aromatic N) is 1. The summed E-state index contributed by atoms with van der Waals surface area (Å²) in [7, 11) is 0. The van der Waals surface area contributed by atoms with Gasteiger partial charge in [-0.1, -0.05) is 54.6 Å². The van der Waals surface area contributed by atoms with E-state index >= 15 is 0 Å². The lowest BCUT2D eigenvalue weighted by Crippen LogP contribution is -2.10. The zero-order chi connectivity index (χ0) is 18.5. The molecule has 1 aliphatic carbocycles. The van der Waals surface area contributed by atoms with E-state index < -0.39 is 22.4 Å². The molecule has 1 aliphatic rings. The first-order chi connectivity index (χ1) is 12.4. The Hall–Kier alpha value is -3.15. The van der Waals surface area contributed by atoms with Crippen molar-refractivity contribution in [2.24, 2.45) is 0 Å². The van der Waals surface area contributed by atoms with Crippen molar-refractivity contribution in [2.45, 2.75) is 12.1 Å². The zero-order valence-corrected chi connectivity index (χ0v) is 13.3. The molecule has 0 aromatic heterocycles. The molecule has 0 unspecified atom stereocenters. The molecule has 0 saturated carbocycles. The highest BCUT2D eigenvalue weighted by Gasteiger charge is 2.39. The molecular weight excluding hydrogens is 343 g/mol. The molecule has 0 heterocycles. The van der Waals surface area contributed by atoms with Crippen molar-refractivity contribution < 1.29 is 18.1 Å². The number of benzene rings is 3. The first kappa shape index (κ1) is 16.3. The van der Waals surface area contributed by atoms with E-state index in [-0.39, 0.29) is 5.92 Å². The Bertz CT molecular complexity index is 982. The Balaban J connectivity index is 1.94. The Morgan fingerprint density at radius 1 is 0.846 bits per heavy atom. The monoisotopic (exact) mass is 355 g/mol. The van der Waals surface area contributed by atoms with Crippen LogP contribution in [0.2, 0.25) is 0 Å². The van der Waals surface area contributed by atoms with Gasteiger partial charge in [-0.25, -0.2) is 0 Å². The number of alkyl halides is 3. The van der Waals surface area contributed by atoms with E-state index in [2.05, 4.69) is 0 Å². The minimum atomic E-state index is -4.77. The average Bonchev–Trinajstić information content (AvgIpc) is 2.95. The van der Waals surface area contributed by atoms with Crippen LogP contribution >= 0.6 is 0 Å². The molecule has 0 spiro atoms. The summed E-state index contributed by atoms with van der Waals surface area (Å²) in [4.78, 5) is 10.3. The van der Waals surface area contributed by atoms with E-state index in [1.807, 2.05) is 48.5 Å². The van der Waals surface area contributed by atoms with Crippen molar-refractivity contribution in [3.63, 3.8) is 0 Å². The van der Waals surface area contributed by atoms with Gasteiger partial charge in [0.1, 0.15) is 5.56 Å². The van der Waals surface area contributed by atoms with Crippen molar-refractivity contribution in [1.29, 1.82) is 0 Å². The van der Waals surface area contributed by atoms with Crippen LogP contribution in [-0.4, -0.2) is 4.92 Å². The van der Waals surface area contributed by atoms with Crippen molar-refractivity contribution in [3.8, 4) is 11.1 Å². The normalized spacial score (nSPS) is 13.3. The zero-order valence-electron chi connectivity index (χ0n) is 13.3. The van der Waals surface area contributed by atoms with Crippen LogP contribution in [0.1, 0.15) is 28.2 Å². The van der Waals surface area contributed by atoms with Crippen LogP contribution in [0.3, 0.4) is 0 Å². The van der Waals surface area contributed by atoms with E-state index in [0.717, 1.165) is 34.4 Å². The highest BCUT2D eigenvalue weighted by molar-refractivity contribution is 5.80. The van der Waals surface area contributed by atoms with Crippen molar-refractivity contribution >= 4 is 5.69 Å². The molecular formula is C20H12F3NO2. The van der Waals surface area contributed by atoms with Gasteiger partial charge in [0.25, 0.3) is 5.69 Å². The number of halogens is 3. The summed E-state index contributed by atoms with van der Waals surface area (Å²) in [6.45, 7) is 0. The summed E-state index contributed by atoms with van der Waals surface area (Å²) < 4.78 is 39.3. The second-order valence-electron chi connectivity index (χ2n) is 6.14. The molecule has 0 atom stereocenters. The first-order valence-electron chi connectivity index (χ1n) is 7.91. The lowest BCUT2D eigenvalue weighted by atomic mass is 9.88. The molecule has 6 heteroatoms. The van der Waals surface area contributed by atoms with Gasteiger partial charge in [-0.15, -0.1) is 0 Å². The van der Waals surface area contributed by atoms with Gasteiger partial charge < -0.3 is 0 Å². The maximum atomic E-state index is 13.1. The Labute approximate surface area is 146 Å². The second-order valence-corrected chi connectivity index (χ2v) is 6.14. The molecule has 130 valence electrons. The number of nitro groups is 1. The number of fused-ring (bicyclic) bond motifs is 3. The molecule has 0 N–H and O–H groups in total. The number of hydrogen-bond acceptors (Lipinski definition) is 2. The summed E-state index contributed by atoms with van der Waals surface area (Å²) >= 11 is 0. The lowest BCUT2D eigenvalue weighted by Gasteiger charge is -2.16. The molecule has 3 aromatic rings. The quantitative estimate of drug-likeness (QED) is 0.338. The molecule has 0 saturated heterocycles. The van der Waals surface area contributed by atoms with Crippen molar-refractivity contribution in [3.05, 3.63) is 99.1 Å². The molecule has 26 heavy (non-hydrogen) atoms. The number of hydrogen-bond donors (Lipinski definition) is 0. The highest BCUT2D eigenvalue weighted by atomic mass is 19.4. The summed E-state index contributed by atoms with van der Waals surface area (Å²) in [5.74, 6) is -0.330. The van der Waals surface area contributed by atoms with Gasteiger partial charge >= 0.3 is 6.18 Å². The summed E-state index contributed by atoms with van der Waals surface area (Å²) in [6, 6.07) is 18.4. The molecule has 0 amide bonds. The lowest BCUT2D eigenvalue weighted by molar-refractivity contribution is -0.388. The second kappa shape index (κ2) is 5.69. The third-order valence-corrected chi connectivity index (χ3v) is 4.69. The molecule has 0 aliphatic heterocycles. The highest BCUT2D eigenvalue weighted by Crippen LogP contribution is 2.49. The Morgan fingerprint density at radius 3 is 1.88 bits per heavy atom. The van der Waals surface area contributed by atoms with Crippen LogP contribution in [0.25, 0.3) is 11.1 Å². The van der Waals surface area contributed by atoms with Gasteiger partial charge in [0.15, 0.2) is 0 Å². The Kier molecular flexibility index (Phi) is 3.57. The molecule has 3 nitrogen and oxygen atoms in total. The van der Waals surface area contributed by atoms with E-state index in [4.69, 9.17) is 0 Å².